The maximum atomic E-state index is 9.46. The molecule has 1 aliphatic rings. The minimum Gasteiger partial charge on any atom is -0.369 e. The molecule has 1 aromatic carbocycles. The lowest BCUT2D eigenvalue weighted by Crippen LogP contribution is -2.45. The van der Waals surface area contributed by atoms with Gasteiger partial charge in [-0.2, -0.15) is 5.26 Å². The van der Waals surface area contributed by atoms with Gasteiger partial charge in [-0.05, 0) is 50.7 Å². The highest BCUT2D eigenvalue weighted by atomic mass is 15.2. The lowest BCUT2D eigenvalue weighted by atomic mass is 10.0. The number of likely N-dealkylation sites (tertiary alicyclic amines) is 1. The molecule has 0 amide bonds. The van der Waals surface area contributed by atoms with Gasteiger partial charge < -0.3 is 15.1 Å². The zero-order chi connectivity index (χ0) is 15.2. The van der Waals surface area contributed by atoms with Gasteiger partial charge in [0.1, 0.15) is 6.07 Å². The Morgan fingerprint density at radius 1 is 1.48 bits per heavy atom. The van der Waals surface area contributed by atoms with Crippen LogP contribution in [0, 0.1) is 11.3 Å². The monoisotopic (exact) mass is 286 g/mol. The van der Waals surface area contributed by atoms with E-state index in [4.69, 9.17) is 0 Å². The van der Waals surface area contributed by atoms with Gasteiger partial charge in [-0.3, -0.25) is 0 Å². The van der Waals surface area contributed by atoms with E-state index in [1.807, 2.05) is 6.07 Å². The third kappa shape index (κ3) is 3.96. The van der Waals surface area contributed by atoms with Crippen molar-refractivity contribution < 1.29 is 0 Å². The smallest absolute Gasteiger partial charge is 0.101 e. The predicted octanol–water partition coefficient (Wildman–Crippen LogP) is 2.20. The second-order valence-corrected chi connectivity index (χ2v) is 5.91. The third-order valence-electron chi connectivity index (χ3n) is 4.29. The molecule has 1 saturated heterocycles. The van der Waals surface area contributed by atoms with E-state index in [0.717, 1.165) is 30.9 Å². The van der Waals surface area contributed by atoms with Gasteiger partial charge in [-0.1, -0.05) is 13.0 Å². The molecule has 0 bridgehead atoms. The molecule has 0 aliphatic carbocycles. The zero-order valence-electron chi connectivity index (χ0n) is 13.4. The van der Waals surface area contributed by atoms with Crippen molar-refractivity contribution in [3.8, 4) is 6.07 Å². The van der Waals surface area contributed by atoms with Crippen LogP contribution in [0.25, 0.3) is 0 Å². The largest absolute Gasteiger partial charge is 0.369 e. The molecule has 0 radical (unpaired) electrons. The van der Waals surface area contributed by atoms with Crippen LogP contribution in [0.15, 0.2) is 18.2 Å². The summed E-state index contributed by atoms with van der Waals surface area (Å²) < 4.78 is 0. The molecule has 2 rings (SSSR count). The van der Waals surface area contributed by atoms with Crippen LogP contribution in [0.2, 0.25) is 0 Å². The van der Waals surface area contributed by atoms with E-state index in [1.54, 1.807) is 0 Å². The highest BCUT2D eigenvalue weighted by Gasteiger charge is 2.22. The number of anilines is 1. The van der Waals surface area contributed by atoms with Crippen LogP contribution in [-0.2, 0) is 6.54 Å². The first-order chi connectivity index (χ1) is 10.2. The molecule has 1 aromatic rings. The van der Waals surface area contributed by atoms with E-state index in [1.165, 1.54) is 24.9 Å². The van der Waals surface area contributed by atoms with E-state index in [-0.39, 0.29) is 0 Å². The first kappa shape index (κ1) is 15.8. The predicted molar refractivity (Wildman–Crippen MR) is 87.5 cm³/mol. The Labute approximate surface area is 128 Å². The van der Waals surface area contributed by atoms with Gasteiger partial charge in [0, 0.05) is 26.2 Å². The van der Waals surface area contributed by atoms with Crippen LogP contribution < -0.4 is 10.2 Å². The molecule has 1 unspecified atom stereocenters. The zero-order valence-corrected chi connectivity index (χ0v) is 13.4. The summed E-state index contributed by atoms with van der Waals surface area (Å²) in [6.07, 6.45) is 2.43. The molecule has 0 aromatic heterocycles. The summed E-state index contributed by atoms with van der Waals surface area (Å²) in [5.74, 6) is 0. The van der Waals surface area contributed by atoms with Gasteiger partial charge in [0.2, 0.25) is 0 Å². The molecule has 0 spiro atoms. The minimum atomic E-state index is 0.496. The summed E-state index contributed by atoms with van der Waals surface area (Å²) in [5.41, 5.74) is 3.01. The van der Waals surface area contributed by atoms with E-state index in [9.17, 15) is 5.26 Å². The van der Waals surface area contributed by atoms with E-state index in [2.05, 4.69) is 54.3 Å². The lowest BCUT2D eigenvalue weighted by molar-refractivity contribution is 0.248. The number of hydrogen-bond acceptors (Lipinski definition) is 4. The molecule has 4 heteroatoms. The topological polar surface area (TPSA) is 42.3 Å². The molecule has 1 N–H and O–H groups in total. The summed E-state index contributed by atoms with van der Waals surface area (Å²) in [6, 6.07) is 9.10. The van der Waals surface area contributed by atoms with Gasteiger partial charge in [-0.25, -0.2) is 0 Å². The lowest BCUT2D eigenvalue weighted by Gasteiger charge is -2.37. The van der Waals surface area contributed by atoms with Gasteiger partial charge in [0.05, 0.1) is 11.3 Å². The van der Waals surface area contributed by atoms with Crippen molar-refractivity contribution in [1.82, 2.24) is 10.2 Å². The number of nitriles is 1. The van der Waals surface area contributed by atoms with Crippen molar-refractivity contribution >= 4 is 5.69 Å². The third-order valence-corrected chi connectivity index (χ3v) is 4.29. The number of rotatable bonds is 5. The normalized spacial score (nSPS) is 19.2. The second-order valence-electron chi connectivity index (χ2n) is 5.91. The van der Waals surface area contributed by atoms with Crippen molar-refractivity contribution in [1.29, 1.82) is 5.26 Å². The number of nitrogens with zero attached hydrogens (tertiary/aromatic N) is 3. The molecular formula is C17H26N4. The van der Waals surface area contributed by atoms with Gasteiger partial charge in [-0.15, -0.1) is 0 Å². The van der Waals surface area contributed by atoms with Crippen LogP contribution in [0.4, 0.5) is 5.69 Å². The van der Waals surface area contributed by atoms with Crippen molar-refractivity contribution in [3.05, 3.63) is 29.3 Å². The molecule has 1 atom stereocenters. The Morgan fingerprint density at radius 3 is 2.95 bits per heavy atom. The molecule has 4 nitrogen and oxygen atoms in total. The Kier molecular flexibility index (Phi) is 5.60. The summed E-state index contributed by atoms with van der Waals surface area (Å²) in [5, 5.41) is 12.8. The van der Waals surface area contributed by atoms with Crippen molar-refractivity contribution in [2.75, 3.05) is 38.6 Å². The number of nitrogens with one attached hydrogen (secondary N) is 1. The molecule has 1 aliphatic heterocycles. The Bertz CT molecular complexity index is 506. The Morgan fingerprint density at radius 2 is 2.29 bits per heavy atom. The fourth-order valence-corrected chi connectivity index (χ4v) is 3.01. The summed E-state index contributed by atoms with van der Waals surface area (Å²) in [7, 11) is 4.29. The summed E-state index contributed by atoms with van der Waals surface area (Å²) >= 11 is 0. The molecule has 21 heavy (non-hydrogen) atoms. The second kappa shape index (κ2) is 7.44. The van der Waals surface area contributed by atoms with Crippen LogP contribution in [0.1, 0.15) is 30.9 Å². The molecule has 1 fully saturated rings. The van der Waals surface area contributed by atoms with Crippen LogP contribution in [-0.4, -0.2) is 44.7 Å². The summed E-state index contributed by atoms with van der Waals surface area (Å²) in [4.78, 5) is 4.65. The summed E-state index contributed by atoms with van der Waals surface area (Å²) in [6.45, 7) is 6.10. The highest BCUT2D eigenvalue weighted by Crippen LogP contribution is 2.25. The standard InChI is InChI=1S/C17H26N4/c1-4-19-12-14-7-8-17(15(10-14)11-18)21(3)16-6-5-9-20(2)13-16/h7-8,10,16,19H,4-6,9,12-13H2,1-3H3. The Balaban J connectivity index is 2.16. The van der Waals surface area contributed by atoms with Gasteiger partial charge >= 0.3 is 0 Å². The number of piperidine rings is 1. The first-order valence-corrected chi connectivity index (χ1v) is 7.80. The minimum absolute atomic E-state index is 0.496. The van der Waals surface area contributed by atoms with Crippen LogP contribution in [0.5, 0.6) is 0 Å². The highest BCUT2D eigenvalue weighted by molar-refractivity contribution is 5.60. The maximum Gasteiger partial charge on any atom is 0.101 e. The first-order valence-electron chi connectivity index (χ1n) is 7.80. The molecule has 1 heterocycles. The quantitative estimate of drug-likeness (QED) is 0.901. The number of likely N-dealkylation sites (N-methyl/N-ethyl adjacent to an activating group) is 2. The van der Waals surface area contributed by atoms with Crippen molar-refractivity contribution in [2.45, 2.75) is 32.4 Å². The molecular weight excluding hydrogens is 260 g/mol. The van der Waals surface area contributed by atoms with E-state index >= 15 is 0 Å². The average molecular weight is 286 g/mol. The fourth-order valence-electron chi connectivity index (χ4n) is 3.01. The van der Waals surface area contributed by atoms with Crippen molar-refractivity contribution in [3.63, 3.8) is 0 Å². The SMILES string of the molecule is CCNCc1ccc(N(C)C2CCCN(C)C2)c(C#N)c1. The van der Waals surface area contributed by atoms with Crippen LogP contribution >= 0.6 is 0 Å². The Hall–Kier alpha value is -1.57. The van der Waals surface area contributed by atoms with E-state index < -0.39 is 0 Å². The maximum absolute atomic E-state index is 9.46. The van der Waals surface area contributed by atoms with E-state index in [0.29, 0.717) is 6.04 Å². The fraction of sp³-hybridized carbons (Fsp3) is 0.588. The van der Waals surface area contributed by atoms with Gasteiger partial charge in [0.15, 0.2) is 0 Å². The van der Waals surface area contributed by atoms with Gasteiger partial charge in [0.25, 0.3) is 0 Å². The number of benzene rings is 1. The number of hydrogen-bond donors (Lipinski definition) is 1. The van der Waals surface area contributed by atoms with Crippen LogP contribution in [0.3, 0.4) is 0 Å². The molecule has 0 saturated carbocycles. The van der Waals surface area contributed by atoms with Crippen molar-refractivity contribution in [2.24, 2.45) is 0 Å². The molecule has 114 valence electrons. The average Bonchev–Trinajstić information content (AvgIpc) is 2.52.